The summed E-state index contributed by atoms with van der Waals surface area (Å²) in [6.45, 7) is 4.87. The van der Waals surface area contributed by atoms with E-state index in [0.717, 1.165) is 48.1 Å². The molecule has 0 amide bonds. The molecule has 1 fully saturated rings. The molecule has 158 valence electrons. The van der Waals surface area contributed by atoms with E-state index in [-0.39, 0.29) is 11.4 Å². The Hall–Kier alpha value is -2.84. The summed E-state index contributed by atoms with van der Waals surface area (Å²) < 4.78 is 20.4. The number of hydrogen-bond donors (Lipinski definition) is 1. The average Bonchev–Trinajstić information content (AvgIpc) is 2.75. The minimum absolute atomic E-state index is 0.0100. The van der Waals surface area contributed by atoms with Crippen LogP contribution in [-0.2, 0) is 13.2 Å². The van der Waals surface area contributed by atoms with Gasteiger partial charge in [-0.2, -0.15) is 0 Å². The molecule has 0 aromatic carbocycles. The van der Waals surface area contributed by atoms with Crippen LogP contribution in [-0.4, -0.2) is 45.7 Å². The highest BCUT2D eigenvalue weighted by molar-refractivity contribution is 5.74. The number of likely N-dealkylation sites (tertiary alicyclic amines) is 1. The lowest BCUT2D eigenvalue weighted by Crippen LogP contribution is -2.44. The number of aromatic nitrogens is 3. The number of aryl methyl sites for hydroxylation is 1. The lowest BCUT2D eigenvalue weighted by atomic mass is 10.1. The standard InChI is InChI=1S/C22H26FN5O2/c1-15-9-20-19(25-11-15)3-4-21(29)28(20)14-27-7-5-17(6-8-27)24-12-16-10-18(23)22(30-2)26-13-16/h3-4,9-11,13,17,24H,5-8,12,14H2,1-2H3. The van der Waals surface area contributed by atoms with Crippen LogP contribution in [0.25, 0.3) is 11.0 Å². The number of nitrogens with zero attached hydrogens (tertiary/aromatic N) is 4. The molecule has 0 aliphatic carbocycles. The Morgan fingerprint density at radius 3 is 2.73 bits per heavy atom. The summed E-state index contributed by atoms with van der Waals surface area (Å²) in [7, 11) is 1.40. The Morgan fingerprint density at radius 1 is 1.20 bits per heavy atom. The van der Waals surface area contributed by atoms with Crippen molar-refractivity contribution in [3.63, 3.8) is 0 Å². The number of pyridine rings is 3. The molecule has 0 atom stereocenters. The normalized spacial score (nSPS) is 15.6. The highest BCUT2D eigenvalue weighted by Crippen LogP contribution is 2.17. The summed E-state index contributed by atoms with van der Waals surface area (Å²) in [5.41, 5.74) is 3.52. The van der Waals surface area contributed by atoms with Gasteiger partial charge in [-0.1, -0.05) is 0 Å². The van der Waals surface area contributed by atoms with Crippen molar-refractivity contribution in [2.75, 3.05) is 20.2 Å². The van der Waals surface area contributed by atoms with E-state index < -0.39 is 5.82 Å². The van der Waals surface area contributed by atoms with Crippen LogP contribution < -0.4 is 15.6 Å². The molecule has 3 aromatic heterocycles. The average molecular weight is 411 g/mol. The number of methoxy groups -OCH3 is 1. The lowest BCUT2D eigenvalue weighted by molar-refractivity contribution is 0.159. The second kappa shape index (κ2) is 8.89. The maximum Gasteiger partial charge on any atom is 0.252 e. The smallest absolute Gasteiger partial charge is 0.252 e. The molecular weight excluding hydrogens is 385 g/mol. The van der Waals surface area contributed by atoms with E-state index in [1.807, 2.05) is 19.2 Å². The van der Waals surface area contributed by atoms with Gasteiger partial charge in [0.05, 0.1) is 24.8 Å². The van der Waals surface area contributed by atoms with Crippen LogP contribution in [0.2, 0.25) is 0 Å². The topological polar surface area (TPSA) is 72.3 Å². The zero-order valence-corrected chi connectivity index (χ0v) is 17.3. The number of ether oxygens (including phenoxy) is 1. The molecule has 1 saturated heterocycles. The van der Waals surface area contributed by atoms with Crippen molar-refractivity contribution in [2.45, 2.75) is 39.0 Å². The van der Waals surface area contributed by atoms with E-state index in [1.165, 1.54) is 13.2 Å². The molecule has 1 aliphatic heterocycles. The predicted octanol–water partition coefficient (Wildman–Crippen LogP) is 2.46. The number of hydrogen-bond acceptors (Lipinski definition) is 6. The van der Waals surface area contributed by atoms with Crippen molar-refractivity contribution in [1.82, 2.24) is 24.8 Å². The van der Waals surface area contributed by atoms with E-state index in [1.54, 1.807) is 22.9 Å². The number of nitrogens with one attached hydrogen (secondary N) is 1. The molecular formula is C22H26FN5O2. The van der Waals surface area contributed by atoms with E-state index >= 15 is 0 Å². The van der Waals surface area contributed by atoms with Gasteiger partial charge in [-0.05, 0) is 49.1 Å². The fourth-order valence-electron chi connectivity index (χ4n) is 3.87. The highest BCUT2D eigenvalue weighted by Gasteiger charge is 2.20. The van der Waals surface area contributed by atoms with Gasteiger partial charge in [0.1, 0.15) is 0 Å². The van der Waals surface area contributed by atoms with Crippen LogP contribution in [0.4, 0.5) is 4.39 Å². The van der Waals surface area contributed by atoms with Crippen LogP contribution >= 0.6 is 0 Å². The third kappa shape index (κ3) is 4.49. The highest BCUT2D eigenvalue weighted by atomic mass is 19.1. The molecule has 1 N–H and O–H groups in total. The first-order chi connectivity index (χ1) is 14.5. The number of piperidine rings is 1. The molecule has 8 heteroatoms. The van der Waals surface area contributed by atoms with Gasteiger partial charge in [-0.25, -0.2) is 9.37 Å². The van der Waals surface area contributed by atoms with Crippen LogP contribution in [0.15, 0.2) is 41.5 Å². The van der Waals surface area contributed by atoms with Gasteiger partial charge in [0.15, 0.2) is 5.82 Å². The Kier molecular flexibility index (Phi) is 6.06. The third-order valence-corrected chi connectivity index (χ3v) is 5.56. The minimum Gasteiger partial charge on any atom is -0.479 e. The van der Waals surface area contributed by atoms with Gasteiger partial charge in [0, 0.05) is 44.1 Å². The maximum atomic E-state index is 13.8. The number of rotatable bonds is 6. The molecule has 0 unspecified atom stereocenters. The monoisotopic (exact) mass is 411 g/mol. The second-order valence-electron chi connectivity index (χ2n) is 7.77. The Balaban J connectivity index is 1.35. The van der Waals surface area contributed by atoms with Crippen LogP contribution in [0, 0.1) is 12.7 Å². The fourth-order valence-corrected chi connectivity index (χ4v) is 3.87. The van der Waals surface area contributed by atoms with Gasteiger partial charge in [-0.3, -0.25) is 19.2 Å². The van der Waals surface area contributed by atoms with Crippen molar-refractivity contribution >= 4 is 11.0 Å². The maximum absolute atomic E-state index is 13.8. The Morgan fingerprint density at radius 2 is 2.00 bits per heavy atom. The first-order valence-electron chi connectivity index (χ1n) is 10.1. The van der Waals surface area contributed by atoms with E-state index in [4.69, 9.17) is 4.74 Å². The molecule has 7 nitrogen and oxygen atoms in total. The molecule has 4 heterocycles. The largest absolute Gasteiger partial charge is 0.479 e. The molecule has 0 bridgehead atoms. The quantitative estimate of drug-likeness (QED) is 0.672. The summed E-state index contributed by atoms with van der Waals surface area (Å²) >= 11 is 0. The van der Waals surface area contributed by atoms with Gasteiger partial charge in [-0.15, -0.1) is 0 Å². The number of halogens is 1. The van der Waals surface area contributed by atoms with Gasteiger partial charge in [0.25, 0.3) is 5.56 Å². The first kappa shape index (κ1) is 20.4. The van der Waals surface area contributed by atoms with Gasteiger partial charge in [0.2, 0.25) is 5.88 Å². The van der Waals surface area contributed by atoms with Crippen molar-refractivity contribution in [3.05, 3.63) is 64.0 Å². The van der Waals surface area contributed by atoms with E-state index in [9.17, 15) is 9.18 Å². The molecule has 0 saturated carbocycles. The van der Waals surface area contributed by atoms with Crippen molar-refractivity contribution in [1.29, 1.82) is 0 Å². The summed E-state index contributed by atoms with van der Waals surface area (Å²) in [6.07, 6.45) is 5.37. The van der Waals surface area contributed by atoms with Crippen molar-refractivity contribution < 1.29 is 9.13 Å². The summed E-state index contributed by atoms with van der Waals surface area (Å²) in [6, 6.07) is 7.18. The van der Waals surface area contributed by atoms with E-state index in [0.29, 0.717) is 19.3 Å². The van der Waals surface area contributed by atoms with Crippen LogP contribution in [0.1, 0.15) is 24.0 Å². The van der Waals surface area contributed by atoms with Crippen molar-refractivity contribution in [2.24, 2.45) is 0 Å². The number of fused-ring (bicyclic) bond motifs is 1. The molecule has 3 aromatic rings. The van der Waals surface area contributed by atoms with Crippen molar-refractivity contribution in [3.8, 4) is 5.88 Å². The summed E-state index contributed by atoms with van der Waals surface area (Å²) in [5.74, 6) is -0.432. The minimum atomic E-state index is -0.447. The summed E-state index contributed by atoms with van der Waals surface area (Å²) in [5, 5.41) is 3.48. The zero-order chi connectivity index (χ0) is 21.1. The Bertz CT molecular complexity index is 1090. The summed E-state index contributed by atoms with van der Waals surface area (Å²) in [4.78, 5) is 23.2. The third-order valence-electron chi connectivity index (χ3n) is 5.56. The molecule has 30 heavy (non-hydrogen) atoms. The van der Waals surface area contributed by atoms with E-state index in [2.05, 4.69) is 20.2 Å². The fraction of sp³-hybridized carbons (Fsp3) is 0.409. The molecule has 0 radical (unpaired) electrons. The lowest BCUT2D eigenvalue weighted by Gasteiger charge is -2.33. The predicted molar refractivity (Wildman–Crippen MR) is 113 cm³/mol. The van der Waals surface area contributed by atoms with Crippen LogP contribution in [0.5, 0.6) is 5.88 Å². The SMILES string of the molecule is COc1ncc(CNC2CCN(Cn3c(=O)ccc4ncc(C)cc43)CC2)cc1F. The Labute approximate surface area is 174 Å². The molecule has 1 aliphatic rings. The zero-order valence-electron chi connectivity index (χ0n) is 17.3. The molecule has 0 spiro atoms. The van der Waals surface area contributed by atoms with Crippen LogP contribution in [0.3, 0.4) is 0 Å². The second-order valence-corrected chi connectivity index (χ2v) is 7.77. The molecule has 4 rings (SSSR count). The first-order valence-corrected chi connectivity index (χ1v) is 10.1. The van der Waals surface area contributed by atoms with Gasteiger partial charge >= 0.3 is 0 Å². The van der Waals surface area contributed by atoms with Gasteiger partial charge < -0.3 is 10.1 Å².